The van der Waals surface area contributed by atoms with Gasteiger partial charge in [-0.2, -0.15) is 0 Å². The van der Waals surface area contributed by atoms with Crippen LogP contribution in [0.15, 0.2) is 73.1 Å². The van der Waals surface area contributed by atoms with E-state index in [0.717, 1.165) is 13.0 Å². The summed E-state index contributed by atoms with van der Waals surface area (Å²) >= 11 is 0. The van der Waals surface area contributed by atoms with Crippen molar-refractivity contribution < 1.29 is 0 Å². The SMILES string of the molecule is CCCCCCCCCCCCn1ccnc1C(CCCCCCCCCCC)C(C)(Cc1ccccc1)c1ccccc1. The van der Waals surface area contributed by atoms with Gasteiger partial charge < -0.3 is 4.57 Å². The van der Waals surface area contributed by atoms with Crippen molar-refractivity contribution >= 4 is 0 Å². The monoisotopic (exact) mass is 599 g/mol. The van der Waals surface area contributed by atoms with Crippen molar-refractivity contribution in [2.24, 2.45) is 0 Å². The smallest absolute Gasteiger partial charge is 0.112 e. The van der Waals surface area contributed by atoms with Crippen molar-refractivity contribution in [3.05, 3.63) is 90.0 Å². The minimum Gasteiger partial charge on any atom is -0.335 e. The van der Waals surface area contributed by atoms with E-state index in [9.17, 15) is 0 Å². The summed E-state index contributed by atoms with van der Waals surface area (Å²) in [7, 11) is 0. The van der Waals surface area contributed by atoms with E-state index in [1.807, 2.05) is 0 Å². The lowest BCUT2D eigenvalue weighted by Gasteiger charge is -2.39. The molecule has 0 aliphatic carbocycles. The van der Waals surface area contributed by atoms with Crippen LogP contribution >= 0.6 is 0 Å². The van der Waals surface area contributed by atoms with Gasteiger partial charge in [0.2, 0.25) is 0 Å². The topological polar surface area (TPSA) is 17.8 Å². The zero-order chi connectivity index (χ0) is 31.1. The highest BCUT2D eigenvalue weighted by Gasteiger charge is 2.39. The Balaban J connectivity index is 1.68. The summed E-state index contributed by atoms with van der Waals surface area (Å²) < 4.78 is 2.52. The number of aryl methyl sites for hydroxylation is 1. The Labute approximate surface area is 272 Å². The standard InChI is InChI=1S/C42H66N2/c1-4-6-8-10-12-14-16-18-20-28-35-44-36-34-43-41(44)40(33-27-19-17-15-13-11-9-7-5-2)42(3,39-31-25-22-26-32-39)37-38-29-23-21-24-30-38/h21-26,29-32,34,36,40H,4-20,27-28,33,35,37H2,1-3H3. The van der Waals surface area contributed by atoms with Crippen molar-refractivity contribution in [2.45, 2.75) is 173 Å². The van der Waals surface area contributed by atoms with Crippen LogP contribution in [-0.4, -0.2) is 9.55 Å². The molecule has 0 fully saturated rings. The van der Waals surface area contributed by atoms with Crippen LogP contribution in [0.3, 0.4) is 0 Å². The van der Waals surface area contributed by atoms with Gasteiger partial charge in [0.05, 0.1) is 0 Å². The Hall–Kier alpha value is -2.35. The van der Waals surface area contributed by atoms with Crippen LogP contribution in [-0.2, 0) is 18.4 Å². The molecule has 0 aliphatic heterocycles. The quantitative estimate of drug-likeness (QED) is 0.0840. The number of hydrogen-bond donors (Lipinski definition) is 0. The second kappa shape index (κ2) is 22.2. The Bertz CT molecular complexity index is 1070. The number of aromatic nitrogens is 2. The fourth-order valence-corrected chi connectivity index (χ4v) is 7.25. The van der Waals surface area contributed by atoms with E-state index in [0.29, 0.717) is 5.92 Å². The maximum Gasteiger partial charge on any atom is 0.112 e. The van der Waals surface area contributed by atoms with E-state index in [-0.39, 0.29) is 5.41 Å². The summed E-state index contributed by atoms with van der Waals surface area (Å²) in [6.07, 6.45) is 32.7. The summed E-state index contributed by atoms with van der Waals surface area (Å²) in [6, 6.07) is 22.5. The molecule has 1 heterocycles. The molecule has 244 valence electrons. The van der Waals surface area contributed by atoms with Crippen molar-refractivity contribution in [2.75, 3.05) is 0 Å². The van der Waals surface area contributed by atoms with Gasteiger partial charge in [0.1, 0.15) is 5.82 Å². The third-order valence-electron chi connectivity index (χ3n) is 10.0. The molecule has 2 unspecified atom stereocenters. The van der Waals surface area contributed by atoms with Gasteiger partial charge in [-0.15, -0.1) is 0 Å². The highest BCUT2D eigenvalue weighted by molar-refractivity contribution is 5.33. The van der Waals surface area contributed by atoms with Gasteiger partial charge in [-0.05, 0) is 30.4 Å². The molecular weight excluding hydrogens is 532 g/mol. The maximum atomic E-state index is 5.13. The first-order valence-corrected chi connectivity index (χ1v) is 18.8. The molecule has 2 heteroatoms. The van der Waals surface area contributed by atoms with Crippen molar-refractivity contribution in [1.29, 1.82) is 0 Å². The first-order valence-electron chi connectivity index (χ1n) is 18.8. The van der Waals surface area contributed by atoms with E-state index in [4.69, 9.17) is 4.98 Å². The Morgan fingerprint density at radius 3 is 1.61 bits per heavy atom. The minimum absolute atomic E-state index is 0.0242. The van der Waals surface area contributed by atoms with Gasteiger partial charge in [-0.3, -0.25) is 0 Å². The molecule has 0 amide bonds. The molecule has 44 heavy (non-hydrogen) atoms. The zero-order valence-electron chi connectivity index (χ0n) is 29.0. The largest absolute Gasteiger partial charge is 0.335 e. The Morgan fingerprint density at radius 1 is 0.591 bits per heavy atom. The normalized spacial score (nSPS) is 13.6. The van der Waals surface area contributed by atoms with Crippen molar-refractivity contribution in [3.63, 3.8) is 0 Å². The molecule has 3 aromatic rings. The highest BCUT2D eigenvalue weighted by atomic mass is 15.1. The van der Waals surface area contributed by atoms with E-state index in [1.165, 1.54) is 145 Å². The van der Waals surface area contributed by atoms with Gasteiger partial charge in [-0.25, -0.2) is 4.98 Å². The van der Waals surface area contributed by atoms with Crippen LogP contribution in [0.4, 0.5) is 0 Å². The summed E-state index contributed by atoms with van der Waals surface area (Å²) in [5, 5.41) is 0. The summed E-state index contributed by atoms with van der Waals surface area (Å²) in [4.78, 5) is 5.13. The van der Waals surface area contributed by atoms with Crippen LogP contribution in [0.1, 0.15) is 172 Å². The van der Waals surface area contributed by atoms with Crippen LogP contribution < -0.4 is 0 Å². The first-order chi connectivity index (χ1) is 21.7. The fraction of sp³-hybridized carbons (Fsp3) is 0.643. The first kappa shape index (κ1) is 36.1. The summed E-state index contributed by atoms with van der Waals surface area (Å²) in [5.74, 6) is 1.69. The van der Waals surface area contributed by atoms with E-state index in [1.54, 1.807) is 0 Å². The molecule has 1 aromatic heterocycles. The van der Waals surface area contributed by atoms with Crippen LogP contribution in [0, 0.1) is 0 Å². The predicted octanol–water partition coefficient (Wildman–Crippen LogP) is 13.0. The van der Waals surface area contributed by atoms with Crippen LogP contribution in [0.2, 0.25) is 0 Å². The fourth-order valence-electron chi connectivity index (χ4n) is 7.25. The molecule has 0 bridgehead atoms. The molecule has 0 saturated carbocycles. The third kappa shape index (κ3) is 12.9. The zero-order valence-corrected chi connectivity index (χ0v) is 29.0. The van der Waals surface area contributed by atoms with Gasteiger partial charge in [0.15, 0.2) is 0 Å². The van der Waals surface area contributed by atoms with Crippen molar-refractivity contribution in [1.82, 2.24) is 9.55 Å². The average Bonchev–Trinajstić information content (AvgIpc) is 3.51. The van der Waals surface area contributed by atoms with Gasteiger partial charge >= 0.3 is 0 Å². The second-order valence-electron chi connectivity index (χ2n) is 13.8. The number of benzene rings is 2. The summed E-state index contributed by atoms with van der Waals surface area (Å²) in [6.45, 7) is 8.22. The van der Waals surface area contributed by atoms with Crippen LogP contribution in [0.5, 0.6) is 0 Å². The molecule has 2 atom stereocenters. The van der Waals surface area contributed by atoms with Crippen LogP contribution in [0.25, 0.3) is 0 Å². The van der Waals surface area contributed by atoms with E-state index >= 15 is 0 Å². The minimum atomic E-state index is -0.0242. The molecule has 0 radical (unpaired) electrons. The lowest BCUT2D eigenvalue weighted by molar-refractivity contribution is 0.321. The lowest BCUT2D eigenvalue weighted by Crippen LogP contribution is -2.35. The molecule has 0 saturated heterocycles. The highest BCUT2D eigenvalue weighted by Crippen LogP contribution is 2.44. The number of unbranched alkanes of at least 4 members (excludes halogenated alkanes) is 17. The summed E-state index contributed by atoms with van der Waals surface area (Å²) in [5.41, 5.74) is 2.84. The van der Waals surface area contributed by atoms with Gasteiger partial charge in [-0.1, -0.05) is 197 Å². The molecule has 0 spiro atoms. The number of hydrogen-bond acceptors (Lipinski definition) is 1. The van der Waals surface area contributed by atoms with Crippen molar-refractivity contribution in [3.8, 4) is 0 Å². The van der Waals surface area contributed by atoms with Gasteiger partial charge in [0, 0.05) is 30.3 Å². The number of rotatable bonds is 26. The Morgan fingerprint density at radius 2 is 1.07 bits per heavy atom. The third-order valence-corrected chi connectivity index (χ3v) is 10.0. The maximum absolute atomic E-state index is 5.13. The molecule has 2 aromatic carbocycles. The molecule has 2 nitrogen and oxygen atoms in total. The van der Waals surface area contributed by atoms with E-state index in [2.05, 4.69) is 98.4 Å². The number of imidazole rings is 1. The molecular formula is C42H66N2. The molecule has 3 rings (SSSR count). The number of nitrogens with zero attached hydrogens (tertiary/aromatic N) is 2. The lowest BCUT2D eigenvalue weighted by atomic mass is 9.66. The average molecular weight is 599 g/mol. The molecule has 0 aliphatic rings. The van der Waals surface area contributed by atoms with Gasteiger partial charge in [0.25, 0.3) is 0 Å². The second-order valence-corrected chi connectivity index (χ2v) is 13.8. The predicted molar refractivity (Wildman–Crippen MR) is 193 cm³/mol. The van der Waals surface area contributed by atoms with E-state index < -0.39 is 0 Å². The molecule has 0 N–H and O–H groups in total. The Kier molecular flexibility index (Phi) is 18.2.